The lowest BCUT2D eigenvalue weighted by Crippen LogP contribution is -2.24. The van der Waals surface area contributed by atoms with Crippen molar-refractivity contribution in [1.29, 1.82) is 0 Å². The molecular weight excluding hydrogens is 334 g/mol. The minimum absolute atomic E-state index is 0.0327. The summed E-state index contributed by atoms with van der Waals surface area (Å²) < 4.78 is 11.6. The molecule has 2 aliphatic rings. The summed E-state index contributed by atoms with van der Waals surface area (Å²) in [5, 5.41) is 14.1. The summed E-state index contributed by atoms with van der Waals surface area (Å²) in [5.74, 6) is 1.38. The van der Waals surface area contributed by atoms with Gasteiger partial charge in [-0.25, -0.2) is 0 Å². The molecule has 0 aromatic heterocycles. The fourth-order valence-corrected chi connectivity index (χ4v) is 3.48. The van der Waals surface area contributed by atoms with Gasteiger partial charge in [-0.2, -0.15) is 0 Å². The van der Waals surface area contributed by atoms with E-state index < -0.39 is 6.10 Å². The predicted octanol–water partition coefficient (Wildman–Crippen LogP) is 3.25. The summed E-state index contributed by atoms with van der Waals surface area (Å²) in [4.78, 5) is 0. The molecule has 5 heteroatoms. The van der Waals surface area contributed by atoms with E-state index in [9.17, 15) is 5.11 Å². The average molecular weight is 348 g/mol. The molecule has 4 rings (SSSR count). The molecule has 21 heavy (non-hydrogen) atoms. The van der Waals surface area contributed by atoms with Crippen LogP contribution in [0.3, 0.4) is 0 Å². The van der Waals surface area contributed by atoms with Gasteiger partial charge in [-0.3, -0.25) is 0 Å². The van der Waals surface area contributed by atoms with Gasteiger partial charge in [0.25, 0.3) is 0 Å². The van der Waals surface area contributed by atoms with E-state index in [-0.39, 0.29) is 12.8 Å². The Hall–Kier alpha value is -1.72. The molecule has 0 aliphatic carbocycles. The van der Waals surface area contributed by atoms with E-state index in [1.807, 2.05) is 30.3 Å². The van der Waals surface area contributed by atoms with Crippen LogP contribution in [0.4, 0.5) is 5.69 Å². The average Bonchev–Trinajstić information content (AvgIpc) is 3.12. The van der Waals surface area contributed by atoms with Crippen molar-refractivity contribution < 1.29 is 14.6 Å². The Labute approximate surface area is 130 Å². The van der Waals surface area contributed by atoms with Crippen molar-refractivity contribution in [2.45, 2.75) is 18.6 Å². The number of hydrogen-bond acceptors (Lipinski definition) is 4. The monoisotopic (exact) mass is 347 g/mol. The lowest BCUT2D eigenvalue weighted by atomic mass is 9.99. The maximum absolute atomic E-state index is 10.7. The Morgan fingerprint density at radius 3 is 2.95 bits per heavy atom. The van der Waals surface area contributed by atoms with E-state index in [2.05, 4.69) is 27.3 Å². The molecule has 2 aliphatic heterocycles. The third kappa shape index (κ3) is 2.17. The minimum atomic E-state index is -0.608. The zero-order valence-electron chi connectivity index (χ0n) is 11.2. The molecule has 2 N–H and O–H groups in total. The molecule has 2 atom stereocenters. The first kappa shape index (κ1) is 13.0. The molecule has 0 radical (unpaired) electrons. The van der Waals surface area contributed by atoms with E-state index in [0.29, 0.717) is 11.5 Å². The van der Waals surface area contributed by atoms with Crippen molar-refractivity contribution >= 4 is 21.6 Å². The normalized spacial score (nSPS) is 20.0. The Balaban J connectivity index is 1.62. The number of rotatable bonds is 2. The molecule has 2 unspecified atom stereocenters. The summed E-state index contributed by atoms with van der Waals surface area (Å²) in [5.41, 5.74) is 3.15. The quantitative estimate of drug-likeness (QED) is 0.875. The number of benzene rings is 2. The number of hydrogen-bond donors (Lipinski definition) is 2. The van der Waals surface area contributed by atoms with Crippen molar-refractivity contribution in [1.82, 2.24) is 0 Å². The third-order valence-electron chi connectivity index (χ3n) is 3.97. The molecule has 0 spiro atoms. The molecule has 0 bridgehead atoms. The maximum Gasteiger partial charge on any atom is 0.231 e. The van der Waals surface area contributed by atoms with E-state index in [1.54, 1.807) is 0 Å². The van der Waals surface area contributed by atoms with Gasteiger partial charge in [0.15, 0.2) is 11.5 Å². The second-order valence-corrected chi connectivity index (χ2v) is 6.15. The first-order valence-corrected chi connectivity index (χ1v) is 7.63. The molecule has 2 aromatic carbocycles. The Morgan fingerprint density at radius 1 is 1.24 bits per heavy atom. The Bertz CT molecular complexity index is 679. The van der Waals surface area contributed by atoms with Crippen molar-refractivity contribution in [2.75, 3.05) is 12.1 Å². The summed E-state index contributed by atoms with van der Waals surface area (Å²) in [6.45, 7) is 0.223. The molecule has 0 saturated carbocycles. The number of ether oxygens (including phenoxy) is 2. The van der Waals surface area contributed by atoms with Crippen molar-refractivity contribution in [3.8, 4) is 11.5 Å². The van der Waals surface area contributed by atoms with E-state index in [0.717, 1.165) is 22.1 Å². The second kappa shape index (κ2) is 4.93. The van der Waals surface area contributed by atoms with E-state index in [1.165, 1.54) is 5.56 Å². The van der Waals surface area contributed by atoms with Crippen LogP contribution in [-0.2, 0) is 6.42 Å². The smallest absolute Gasteiger partial charge is 0.231 e. The van der Waals surface area contributed by atoms with Gasteiger partial charge < -0.3 is 19.9 Å². The molecule has 4 nitrogen and oxygen atoms in total. The molecular formula is C16H14BrNO3. The van der Waals surface area contributed by atoms with Crippen LogP contribution in [0.1, 0.15) is 17.2 Å². The topological polar surface area (TPSA) is 50.7 Å². The minimum Gasteiger partial charge on any atom is -0.454 e. The van der Waals surface area contributed by atoms with Crippen LogP contribution in [0.2, 0.25) is 0 Å². The molecule has 108 valence electrons. The highest BCUT2D eigenvalue weighted by Gasteiger charge is 2.29. The number of fused-ring (bicyclic) bond motifs is 2. The van der Waals surface area contributed by atoms with Crippen LogP contribution in [0, 0.1) is 0 Å². The van der Waals surface area contributed by atoms with Gasteiger partial charge in [-0.05, 0) is 51.7 Å². The third-order valence-corrected chi connectivity index (χ3v) is 4.56. The van der Waals surface area contributed by atoms with Gasteiger partial charge in [-0.1, -0.05) is 18.2 Å². The summed E-state index contributed by atoms with van der Waals surface area (Å²) >= 11 is 3.47. The molecule has 0 saturated heterocycles. The number of nitrogens with one attached hydrogen (secondary N) is 1. The van der Waals surface area contributed by atoms with Crippen LogP contribution in [0.15, 0.2) is 40.9 Å². The standard InChI is InChI=1S/C16H14BrNO3/c17-11-5-10(7-14-16(11)21-8-20-14)15(19)13-6-9-3-1-2-4-12(9)18-13/h1-5,7,13,15,18-19H,6,8H2. The highest BCUT2D eigenvalue weighted by molar-refractivity contribution is 9.10. The SMILES string of the molecule is OC(c1cc(Br)c2c(c1)OCO2)C1Cc2ccccc2N1. The summed E-state index contributed by atoms with van der Waals surface area (Å²) in [7, 11) is 0. The predicted molar refractivity (Wildman–Crippen MR) is 82.8 cm³/mol. The summed E-state index contributed by atoms with van der Waals surface area (Å²) in [6, 6.07) is 11.9. The number of aliphatic hydroxyl groups is 1. The van der Waals surface area contributed by atoms with Crippen molar-refractivity contribution in [3.05, 3.63) is 52.0 Å². The number of halogens is 1. The Kier molecular flexibility index (Phi) is 3.05. The maximum atomic E-state index is 10.7. The van der Waals surface area contributed by atoms with Gasteiger partial charge in [-0.15, -0.1) is 0 Å². The largest absolute Gasteiger partial charge is 0.454 e. The van der Waals surface area contributed by atoms with Crippen LogP contribution in [-0.4, -0.2) is 17.9 Å². The second-order valence-electron chi connectivity index (χ2n) is 5.29. The fourth-order valence-electron chi connectivity index (χ4n) is 2.91. The Morgan fingerprint density at radius 2 is 2.10 bits per heavy atom. The zero-order chi connectivity index (χ0) is 14.4. The summed E-state index contributed by atoms with van der Waals surface area (Å²) in [6.07, 6.45) is 0.201. The highest BCUT2D eigenvalue weighted by atomic mass is 79.9. The van der Waals surface area contributed by atoms with Gasteiger partial charge in [0.1, 0.15) is 0 Å². The fraction of sp³-hybridized carbons (Fsp3) is 0.250. The van der Waals surface area contributed by atoms with Gasteiger partial charge in [0, 0.05) is 5.69 Å². The van der Waals surface area contributed by atoms with Gasteiger partial charge in [0.2, 0.25) is 6.79 Å². The zero-order valence-corrected chi connectivity index (χ0v) is 12.8. The molecule has 2 aromatic rings. The number of aliphatic hydroxyl groups excluding tert-OH is 1. The molecule has 2 heterocycles. The first-order chi connectivity index (χ1) is 10.2. The van der Waals surface area contributed by atoms with E-state index in [4.69, 9.17) is 9.47 Å². The first-order valence-electron chi connectivity index (χ1n) is 6.84. The highest BCUT2D eigenvalue weighted by Crippen LogP contribution is 2.42. The van der Waals surface area contributed by atoms with Crippen molar-refractivity contribution in [3.63, 3.8) is 0 Å². The lowest BCUT2D eigenvalue weighted by Gasteiger charge is -2.20. The van der Waals surface area contributed by atoms with Crippen molar-refractivity contribution in [2.24, 2.45) is 0 Å². The van der Waals surface area contributed by atoms with Gasteiger partial charge >= 0.3 is 0 Å². The molecule has 0 amide bonds. The lowest BCUT2D eigenvalue weighted by molar-refractivity contribution is 0.155. The molecule has 0 fully saturated rings. The number of para-hydroxylation sites is 1. The number of anilines is 1. The van der Waals surface area contributed by atoms with E-state index >= 15 is 0 Å². The van der Waals surface area contributed by atoms with Gasteiger partial charge in [0.05, 0.1) is 16.6 Å². The van der Waals surface area contributed by atoms with Crippen LogP contribution in [0.25, 0.3) is 0 Å². The van der Waals surface area contributed by atoms with Crippen LogP contribution < -0.4 is 14.8 Å². The van der Waals surface area contributed by atoms with Crippen LogP contribution >= 0.6 is 15.9 Å². The van der Waals surface area contributed by atoms with Crippen LogP contribution in [0.5, 0.6) is 11.5 Å².